The summed E-state index contributed by atoms with van der Waals surface area (Å²) < 4.78 is 0. The van der Waals surface area contributed by atoms with E-state index in [1.165, 1.54) is 0 Å². The lowest BCUT2D eigenvalue weighted by Gasteiger charge is -2.41. The molecule has 0 aromatic rings. The van der Waals surface area contributed by atoms with Crippen LogP contribution in [-0.4, -0.2) is 53.3 Å². The SMILES string of the molecule is CC(C(=O)NN)C(C)N1CCN2C(=O)CCC2C1. The zero-order valence-corrected chi connectivity index (χ0v) is 11.1. The van der Waals surface area contributed by atoms with Crippen molar-refractivity contribution in [2.45, 2.75) is 38.8 Å². The number of amides is 2. The summed E-state index contributed by atoms with van der Waals surface area (Å²) >= 11 is 0. The van der Waals surface area contributed by atoms with Crippen LogP contribution >= 0.6 is 0 Å². The highest BCUT2D eigenvalue weighted by atomic mass is 16.2. The standard InChI is InChI=1S/C12H22N4O2/c1-8(12(18)14-13)9(2)15-5-6-16-10(7-15)3-4-11(16)17/h8-10H,3-7,13H2,1-2H3,(H,14,18). The Morgan fingerprint density at radius 3 is 2.83 bits per heavy atom. The third kappa shape index (κ3) is 2.35. The molecule has 6 nitrogen and oxygen atoms in total. The molecule has 0 spiro atoms. The average Bonchev–Trinajstić information content (AvgIpc) is 2.77. The van der Waals surface area contributed by atoms with Crippen molar-refractivity contribution in [3.63, 3.8) is 0 Å². The number of carbonyl (C=O) groups is 2. The van der Waals surface area contributed by atoms with Gasteiger partial charge in [0.05, 0.1) is 5.92 Å². The molecule has 2 aliphatic rings. The summed E-state index contributed by atoms with van der Waals surface area (Å²) in [6.45, 7) is 6.43. The predicted octanol–water partition coefficient (Wildman–Crippen LogP) is -0.692. The molecule has 0 aromatic carbocycles. The second-order valence-corrected chi connectivity index (χ2v) is 5.31. The van der Waals surface area contributed by atoms with Crippen molar-refractivity contribution >= 4 is 11.8 Å². The summed E-state index contributed by atoms with van der Waals surface area (Å²) in [5.41, 5.74) is 2.21. The van der Waals surface area contributed by atoms with Crippen LogP contribution in [0, 0.1) is 5.92 Å². The van der Waals surface area contributed by atoms with Crippen LogP contribution in [0.4, 0.5) is 0 Å². The highest BCUT2D eigenvalue weighted by molar-refractivity contribution is 5.79. The Morgan fingerprint density at radius 2 is 2.17 bits per heavy atom. The molecule has 2 aliphatic heterocycles. The number of carbonyl (C=O) groups excluding carboxylic acids is 2. The van der Waals surface area contributed by atoms with Crippen molar-refractivity contribution in [2.24, 2.45) is 11.8 Å². The van der Waals surface area contributed by atoms with Crippen LogP contribution in [-0.2, 0) is 9.59 Å². The maximum atomic E-state index is 11.6. The van der Waals surface area contributed by atoms with E-state index < -0.39 is 0 Å². The van der Waals surface area contributed by atoms with Crippen molar-refractivity contribution < 1.29 is 9.59 Å². The van der Waals surface area contributed by atoms with E-state index in [-0.39, 0.29) is 23.8 Å². The Balaban J connectivity index is 1.95. The number of nitrogens with two attached hydrogens (primary N) is 1. The first-order chi connectivity index (χ1) is 8.54. The fraction of sp³-hybridized carbons (Fsp3) is 0.833. The number of rotatable bonds is 3. The molecule has 2 saturated heterocycles. The van der Waals surface area contributed by atoms with Gasteiger partial charge in [0, 0.05) is 38.1 Å². The lowest BCUT2D eigenvalue weighted by Crippen LogP contribution is -2.56. The maximum Gasteiger partial charge on any atom is 0.238 e. The maximum absolute atomic E-state index is 11.6. The summed E-state index contributed by atoms with van der Waals surface area (Å²) in [4.78, 5) is 27.4. The van der Waals surface area contributed by atoms with E-state index in [1.807, 2.05) is 18.7 Å². The van der Waals surface area contributed by atoms with Crippen LogP contribution in [0.5, 0.6) is 0 Å². The number of fused-ring (bicyclic) bond motifs is 1. The lowest BCUT2D eigenvalue weighted by atomic mass is 9.99. The minimum atomic E-state index is -0.140. The number of nitrogens with one attached hydrogen (secondary N) is 1. The fourth-order valence-corrected chi connectivity index (χ4v) is 2.93. The Hall–Kier alpha value is -1.14. The van der Waals surface area contributed by atoms with Crippen LogP contribution < -0.4 is 11.3 Å². The van der Waals surface area contributed by atoms with E-state index in [9.17, 15) is 9.59 Å². The van der Waals surface area contributed by atoms with Crippen LogP contribution in [0.3, 0.4) is 0 Å². The molecule has 3 unspecified atom stereocenters. The summed E-state index contributed by atoms with van der Waals surface area (Å²) in [6, 6.07) is 0.480. The van der Waals surface area contributed by atoms with Crippen molar-refractivity contribution in [3.05, 3.63) is 0 Å². The third-order valence-corrected chi connectivity index (χ3v) is 4.38. The van der Waals surface area contributed by atoms with Gasteiger partial charge in [0.15, 0.2) is 0 Å². The van der Waals surface area contributed by atoms with Crippen molar-refractivity contribution in [3.8, 4) is 0 Å². The van der Waals surface area contributed by atoms with Crippen molar-refractivity contribution in [1.82, 2.24) is 15.2 Å². The molecular formula is C12H22N4O2. The van der Waals surface area contributed by atoms with E-state index in [4.69, 9.17) is 5.84 Å². The Labute approximate surface area is 107 Å². The van der Waals surface area contributed by atoms with Gasteiger partial charge in [-0.05, 0) is 13.3 Å². The minimum absolute atomic E-state index is 0.132. The largest absolute Gasteiger partial charge is 0.337 e. The van der Waals surface area contributed by atoms with Crippen molar-refractivity contribution in [2.75, 3.05) is 19.6 Å². The minimum Gasteiger partial charge on any atom is -0.337 e. The molecule has 0 radical (unpaired) electrons. The monoisotopic (exact) mass is 254 g/mol. The van der Waals surface area contributed by atoms with Gasteiger partial charge in [0.1, 0.15) is 0 Å². The first-order valence-corrected chi connectivity index (χ1v) is 6.58. The lowest BCUT2D eigenvalue weighted by molar-refractivity contribution is -0.132. The Kier molecular flexibility index (Phi) is 3.87. The quantitative estimate of drug-likeness (QED) is 0.397. The molecule has 3 N–H and O–H groups in total. The smallest absolute Gasteiger partial charge is 0.238 e. The van der Waals surface area contributed by atoms with Gasteiger partial charge in [-0.3, -0.25) is 19.9 Å². The second-order valence-electron chi connectivity index (χ2n) is 5.31. The van der Waals surface area contributed by atoms with Gasteiger partial charge in [0.2, 0.25) is 11.8 Å². The number of hydrogen-bond acceptors (Lipinski definition) is 4. The van der Waals surface area contributed by atoms with Gasteiger partial charge < -0.3 is 4.90 Å². The van der Waals surface area contributed by atoms with Crippen LogP contribution in [0.1, 0.15) is 26.7 Å². The zero-order chi connectivity index (χ0) is 13.3. The van der Waals surface area contributed by atoms with Crippen LogP contribution in [0.15, 0.2) is 0 Å². The molecule has 6 heteroatoms. The average molecular weight is 254 g/mol. The van der Waals surface area contributed by atoms with E-state index in [0.717, 1.165) is 26.1 Å². The zero-order valence-electron chi connectivity index (χ0n) is 11.1. The molecule has 2 amide bonds. The molecule has 18 heavy (non-hydrogen) atoms. The van der Waals surface area contributed by atoms with Gasteiger partial charge in [0.25, 0.3) is 0 Å². The summed E-state index contributed by atoms with van der Waals surface area (Å²) in [5.74, 6) is 5.18. The van der Waals surface area contributed by atoms with Crippen molar-refractivity contribution in [1.29, 1.82) is 0 Å². The normalized spacial score (nSPS) is 27.8. The van der Waals surface area contributed by atoms with Gasteiger partial charge in [-0.2, -0.15) is 0 Å². The van der Waals surface area contributed by atoms with E-state index in [0.29, 0.717) is 12.5 Å². The number of piperazine rings is 1. The number of hydrogen-bond donors (Lipinski definition) is 2. The predicted molar refractivity (Wildman–Crippen MR) is 67.3 cm³/mol. The highest BCUT2D eigenvalue weighted by Crippen LogP contribution is 2.25. The second kappa shape index (κ2) is 5.24. The number of nitrogens with zero attached hydrogens (tertiary/aromatic N) is 2. The molecule has 0 aromatic heterocycles. The topological polar surface area (TPSA) is 78.7 Å². The molecule has 2 rings (SSSR count). The van der Waals surface area contributed by atoms with E-state index >= 15 is 0 Å². The molecule has 0 bridgehead atoms. The number of hydrazine groups is 1. The first kappa shape index (κ1) is 13.3. The molecule has 3 atom stereocenters. The third-order valence-electron chi connectivity index (χ3n) is 4.38. The summed E-state index contributed by atoms with van der Waals surface area (Å²) in [6.07, 6.45) is 1.62. The van der Waals surface area contributed by atoms with Gasteiger partial charge in [-0.25, -0.2) is 5.84 Å². The van der Waals surface area contributed by atoms with Gasteiger partial charge in [-0.1, -0.05) is 6.92 Å². The van der Waals surface area contributed by atoms with Crippen LogP contribution in [0.25, 0.3) is 0 Å². The first-order valence-electron chi connectivity index (χ1n) is 6.58. The van der Waals surface area contributed by atoms with Gasteiger partial charge in [-0.15, -0.1) is 0 Å². The summed E-state index contributed by atoms with van der Waals surface area (Å²) in [5, 5.41) is 0. The summed E-state index contributed by atoms with van der Waals surface area (Å²) in [7, 11) is 0. The molecule has 102 valence electrons. The molecule has 2 fully saturated rings. The molecule has 2 heterocycles. The van der Waals surface area contributed by atoms with Crippen LogP contribution in [0.2, 0.25) is 0 Å². The van der Waals surface area contributed by atoms with E-state index in [1.54, 1.807) is 0 Å². The highest BCUT2D eigenvalue weighted by Gasteiger charge is 2.38. The Bertz CT molecular complexity index is 347. The Morgan fingerprint density at radius 1 is 1.44 bits per heavy atom. The fourth-order valence-electron chi connectivity index (χ4n) is 2.93. The molecule has 0 aliphatic carbocycles. The molecular weight excluding hydrogens is 232 g/mol. The van der Waals surface area contributed by atoms with E-state index in [2.05, 4.69) is 10.3 Å². The molecule has 0 saturated carbocycles. The van der Waals surface area contributed by atoms with Gasteiger partial charge >= 0.3 is 0 Å².